The van der Waals surface area contributed by atoms with Gasteiger partial charge in [0.2, 0.25) is 0 Å². The zero-order valence-electron chi connectivity index (χ0n) is 16.1. The molecule has 0 heterocycles. The zero-order valence-corrected chi connectivity index (χ0v) is 16.9. The van der Waals surface area contributed by atoms with E-state index in [-0.39, 0.29) is 10.8 Å². The van der Waals surface area contributed by atoms with Crippen molar-refractivity contribution >= 4 is 21.6 Å². The van der Waals surface area contributed by atoms with Gasteiger partial charge in [-0.2, -0.15) is 0 Å². The summed E-state index contributed by atoms with van der Waals surface area (Å²) < 4.78 is 33.0. The Morgan fingerprint density at radius 1 is 1.04 bits per heavy atom. The van der Waals surface area contributed by atoms with Gasteiger partial charge in [0, 0.05) is 25.8 Å². The summed E-state index contributed by atoms with van der Waals surface area (Å²) in [6, 6.07) is 9.75. The Kier molecular flexibility index (Phi) is 6.98. The quantitative estimate of drug-likeness (QED) is 0.678. The van der Waals surface area contributed by atoms with Gasteiger partial charge >= 0.3 is 0 Å². The second-order valence-corrected chi connectivity index (χ2v) is 8.19. The van der Waals surface area contributed by atoms with Crippen molar-refractivity contribution in [2.24, 2.45) is 0 Å². The number of carbonyl (C=O) groups excluding carboxylic acids is 1. The normalized spacial score (nSPS) is 11.3. The van der Waals surface area contributed by atoms with Crippen molar-refractivity contribution in [1.82, 2.24) is 5.32 Å². The van der Waals surface area contributed by atoms with Crippen molar-refractivity contribution in [3.05, 3.63) is 58.7 Å². The number of carbonyl (C=O) groups is 1. The van der Waals surface area contributed by atoms with Gasteiger partial charge in [-0.15, -0.1) is 0 Å². The van der Waals surface area contributed by atoms with Gasteiger partial charge in [0.1, 0.15) is 0 Å². The summed E-state index contributed by atoms with van der Waals surface area (Å²) in [6.45, 7) is 6.78. The van der Waals surface area contributed by atoms with Crippen molar-refractivity contribution in [1.29, 1.82) is 0 Å². The standard InChI is InChI=1S/C20H26N2O4S/c1-14-12-15(2)19(16(3)13-14)22-27(24,25)18-8-6-17(7-9-18)20(23)21-10-5-11-26-4/h6-9,12-13,22H,5,10-11H2,1-4H3,(H,21,23). The Morgan fingerprint density at radius 2 is 1.63 bits per heavy atom. The van der Waals surface area contributed by atoms with E-state index >= 15 is 0 Å². The van der Waals surface area contributed by atoms with E-state index in [4.69, 9.17) is 4.74 Å². The van der Waals surface area contributed by atoms with Crippen LogP contribution >= 0.6 is 0 Å². The highest BCUT2D eigenvalue weighted by atomic mass is 32.2. The Bertz CT molecular complexity index is 883. The molecule has 2 rings (SSSR count). The Hall–Kier alpha value is -2.38. The number of hydrogen-bond donors (Lipinski definition) is 2. The number of benzene rings is 2. The van der Waals surface area contributed by atoms with Crippen molar-refractivity contribution in [3.63, 3.8) is 0 Å². The Balaban J connectivity index is 2.12. The molecule has 1 amide bonds. The topological polar surface area (TPSA) is 84.5 Å². The summed E-state index contributed by atoms with van der Waals surface area (Å²) in [5.41, 5.74) is 3.80. The first-order valence-corrected chi connectivity index (χ1v) is 10.2. The molecule has 0 aliphatic carbocycles. The number of hydrogen-bond acceptors (Lipinski definition) is 4. The molecule has 0 aliphatic heterocycles. The fraction of sp³-hybridized carbons (Fsp3) is 0.350. The van der Waals surface area contributed by atoms with E-state index in [1.165, 1.54) is 24.3 Å². The number of anilines is 1. The van der Waals surface area contributed by atoms with Gasteiger partial charge in [0.15, 0.2) is 0 Å². The third-order valence-corrected chi connectivity index (χ3v) is 5.52. The molecule has 0 aromatic heterocycles. The van der Waals surface area contributed by atoms with Crippen LogP contribution < -0.4 is 10.0 Å². The predicted molar refractivity (Wildman–Crippen MR) is 107 cm³/mol. The summed E-state index contributed by atoms with van der Waals surface area (Å²) in [5, 5.41) is 2.77. The molecule has 0 bridgehead atoms. The molecule has 2 N–H and O–H groups in total. The molecule has 0 radical (unpaired) electrons. The third-order valence-electron chi connectivity index (χ3n) is 4.15. The molecule has 0 saturated heterocycles. The molecule has 0 aliphatic rings. The monoisotopic (exact) mass is 390 g/mol. The Morgan fingerprint density at radius 3 is 2.19 bits per heavy atom. The molecule has 0 spiro atoms. The SMILES string of the molecule is COCCCNC(=O)c1ccc(S(=O)(=O)Nc2c(C)cc(C)cc2C)cc1. The van der Waals surface area contributed by atoms with Crippen LogP contribution in [0.15, 0.2) is 41.3 Å². The summed E-state index contributed by atoms with van der Waals surface area (Å²) in [5.74, 6) is -0.242. The van der Waals surface area contributed by atoms with Gasteiger partial charge in [-0.25, -0.2) is 8.42 Å². The minimum Gasteiger partial charge on any atom is -0.385 e. The molecule has 0 fully saturated rings. The van der Waals surface area contributed by atoms with Crippen molar-refractivity contribution in [2.75, 3.05) is 25.0 Å². The molecule has 0 saturated carbocycles. The predicted octanol–water partition coefficient (Wildman–Crippen LogP) is 3.18. The van der Waals surface area contributed by atoms with Crippen LogP contribution in [0.3, 0.4) is 0 Å². The maximum absolute atomic E-state index is 12.7. The van der Waals surface area contributed by atoms with E-state index in [0.717, 1.165) is 16.7 Å². The average molecular weight is 391 g/mol. The van der Waals surface area contributed by atoms with Crippen LogP contribution in [0, 0.1) is 20.8 Å². The number of nitrogens with one attached hydrogen (secondary N) is 2. The maximum atomic E-state index is 12.7. The molecule has 2 aromatic carbocycles. The highest BCUT2D eigenvalue weighted by Crippen LogP contribution is 2.25. The first-order chi connectivity index (χ1) is 12.7. The molecule has 2 aromatic rings. The van der Waals surface area contributed by atoms with E-state index in [1.807, 2.05) is 32.9 Å². The molecule has 6 nitrogen and oxygen atoms in total. The number of amides is 1. The van der Waals surface area contributed by atoms with Crippen LogP contribution in [0.25, 0.3) is 0 Å². The van der Waals surface area contributed by atoms with Gasteiger partial charge < -0.3 is 10.1 Å². The molecule has 146 valence electrons. The van der Waals surface area contributed by atoms with Gasteiger partial charge in [-0.1, -0.05) is 17.7 Å². The number of sulfonamides is 1. The van der Waals surface area contributed by atoms with E-state index < -0.39 is 10.0 Å². The van der Waals surface area contributed by atoms with Crippen LogP contribution in [-0.4, -0.2) is 34.6 Å². The van der Waals surface area contributed by atoms with E-state index in [1.54, 1.807) is 7.11 Å². The third kappa shape index (κ3) is 5.55. The molecular weight excluding hydrogens is 364 g/mol. The minimum absolute atomic E-state index is 0.109. The number of ether oxygens (including phenoxy) is 1. The van der Waals surface area contributed by atoms with Crippen LogP contribution in [0.1, 0.15) is 33.5 Å². The minimum atomic E-state index is -3.74. The van der Waals surface area contributed by atoms with Crippen molar-refractivity contribution in [2.45, 2.75) is 32.1 Å². The number of methoxy groups -OCH3 is 1. The van der Waals surface area contributed by atoms with Gasteiger partial charge in [0.05, 0.1) is 10.6 Å². The maximum Gasteiger partial charge on any atom is 0.261 e. The lowest BCUT2D eigenvalue weighted by Gasteiger charge is -2.14. The van der Waals surface area contributed by atoms with Crippen molar-refractivity contribution < 1.29 is 17.9 Å². The smallest absolute Gasteiger partial charge is 0.261 e. The fourth-order valence-electron chi connectivity index (χ4n) is 2.84. The summed E-state index contributed by atoms with van der Waals surface area (Å²) in [7, 11) is -2.13. The number of rotatable bonds is 8. The summed E-state index contributed by atoms with van der Waals surface area (Å²) in [6.07, 6.45) is 0.716. The van der Waals surface area contributed by atoms with Gasteiger partial charge in [-0.3, -0.25) is 9.52 Å². The van der Waals surface area contributed by atoms with Crippen molar-refractivity contribution in [3.8, 4) is 0 Å². The second-order valence-electron chi connectivity index (χ2n) is 6.51. The zero-order chi connectivity index (χ0) is 20.0. The van der Waals surface area contributed by atoms with Crippen LogP contribution in [-0.2, 0) is 14.8 Å². The lowest BCUT2D eigenvalue weighted by molar-refractivity contribution is 0.0948. The average Bonchev–Trinajstić information content (AvgIpc) is 2.62. The summed E-state index contributed by atoms with van der Waals surface area (Å²) in [4.78, 5) is 12.2. The first-order valence-electron chi connectivity index (χ1n) is 8.72. The summed E-state index contributed by atoms with van der Waals surface area (Å²) >= 11 is 0. The van der Waals surface area contributed by atoms with E-state index in [9.17, 15) is 13.2 Å². The lowest BCUT2D eigenvalue weighted by Crippen LogP contribution is -2.25. The molecule has 7 heteroatoms. The molecule has 27 heavy (non-hydrogen) atoms. The molecular formula is C20H26N2O4S. The molecule has 0 atom stereocenters. The van der Waals surface area contributed by atoms with E-state index in [2.05, 4.69) is 10.0 Å². The largest absolute Gasteiger partial charge is 0.385 e. The highest BCUT2D eigenvalue weighted by molar-refractivity contribution is 7.92. The van der Waals surface area contributed by atoms with E-state index in [0.29, 0.717) is 30.8 Å². The number of aryl methyl sites for hydroxylation is 3. The van der Waals surface area contributed by atoms with Crippen LogP contribution in [0.2, 0.25) is 0 Å². The van der Waals surface area contributed by atoms with Gasteiger partial charge in [0.25, 0.3) is 15.9 Å². The fourth-order valence-corrected chi connectivity index (χ4v) is 4.04. The Labute approximate surface area is 161 Å². The van der Waals surface area contributed by atoms with Crippen LogP contribution in [0.4, 0.5) is 5.69 Å². The molecule has 0 unspecified atom stereocenters. The highest BCUT2D eigenvalue weighted by Gasteiger charge is 2.17. The first kappa shape index (κ1) is 20.9. The van der Waals surface area contributed by atoms with Gasteiger partial charge in [-0.05, 0) is 62.6 Å². The lowest BCUT2D eigenvalue weighted by atomic mass is 10.1. The van der Waals surface area contributed by atoms with Crippen LogP contribution in [0.5, 0.6) is 0 Å². The second kappa shape index (κ2) is 9.01.